The molecule has 0 saturated heterocycles. The monoisotopic (exact) mass is 562 g/mol. The molecule has 0 aliphatic heterocycles. The van der Waals surface area contributed by atoms with E-state index in [0.29, 0.717) is 16.8 Å². The Morgan fingerprint density at radius 1 is 1.11 bits per heavy atom. The summed E-state index contributed by atoms with van der Waals surface area (Å²) < 4.78 is 67.9. The SMILES string of the molecule is COc1ccc(S(=O)(=O)NNC(=O)c2cc(-c3cn(C)cn3)cc(Cl)c2F)c(F)c1OCc1ccccc1. The first-order chi connectivity index (χ1) is 18.1. The fraction of sp³-hybridized carbons (Fsp3) is 0.120. The molecule has 2 N–H and O–H groups in total. The zero-order chi connectivity index (χ0) is 27.4. The highest BCUT2D eigenvalue weighted by molar-refractivity contribution is 7.89. The molecule has 13 heteroatoms. The molecule has 1 heterocycles. The number of methoxy groups -OCH3 is 1. The number of imidazole rings is 1. The largest absolute Gasteiger partial charge is 0.493 e. The first-order valence-corrected chi connectivity index (χ1v) is 12.8. The zero-order valence-corrected chi connectivity index (χ0v) is 21.6. The van der Waals surface area contributed by atoms with Crippen LogP contribution >= 0.6 is 11.6 Å². The fourth-order valence-electron chi connectivity index (χ4n) is 3.45. The summed E-state index contributed by atoms with van der Waals surface area (Å²) in [5.74, 6) is -3.96. The minimum Gasteiger partial charge on any atom is -0.493 e. The highest BCUT2D eigenvalue weighted by Gasteiger charge is 2.27. The quantitative estimate of drug-likeness (QED) is 0.295. The summed E-state index contributed by atoms with van der Waals surface area (Å²) in [5.41, 5.74) is 2.77. The number of aryl methyl sites for hydroxylation is 1. The van der Waals surface area contributed by atoms with Crippen LogP contribution in [0, 0.1) is 11.6 Å². The van der Waals surface area contributed by atoms with Crippen LogP contribution in [0.2, 0.25) is 5.02 Å². The number of carbonyl (C=O) groups excluding carboxylic acids is 1. The van der Waals surface area contributed by atoms with Crippen LogP contribution in [-0.2, 0) is 23.7 Å². The van der Waals surface area contributed by atoms with E-state index in [1.807, 2.05) is 5.43 Å². The summed E-state index contributed by atoms with van der Waals surface area (Å²) in [5, 5.41) is -0.373. The molecular formula is C25H21ClF2N4O5S. The Bertz CT molecular complexity index is 1600. The van der Waals surface area contributed by atoms with Crippen LogP contribution in [0.25, 0.3) is 11.3 Å². The van der Waals surface area contributed by atoms with E-state index in [1.165, 1.54) is 25.6 Å². The molecule has 0 unspecified atom stereocenters. The van der Waals surface area contributed by atoms with Gasteiger partial charge in [0.1, 0.15) is 11.5 Å². The van der Waals surface area contributed by atoms with Crippen molar-refractivity contribution in [3.05, 3.63) is 94.9 Å². The summed E-state index contributed by atoms with van der Waals surface area (Å²) in [4.78, 5) is 17.8. The van der Waals surface area contributed by atoms with Gasteiger partial charge in [-0.3, -0.25) is 10.2 Å². The molecule has 9 nitrogen and oxygen atoms in total. The number of hydrogen-bond acceptors (Lipinski definition) is 6. The number of nitrogens with one attached hydrogen (secondary N) is 2. The molecule has 0 radical (unpaired) electrons. The molecule has 0 saturated carbocycles. The van der Waals surface area contributed by atoms with Crippen LogP contribution < -0.4 is 19.7 Å². The number of benzene rings is 3. The van der Waals surface area contributed by atoms with E-state index in [0.717, 1.165) is 12.1 Å². The van der Waals surface area contributed by atoms with Crippen molar-refractivity contribution in [2.75, 3.05) is 7.11 Å². The molecule has 0 fully saturated rings. The van der Waals surface area contributed by atoms with Gasteiger partial charge in [-0.2, -0.15) is 0 Å². The number of halogens is 3. The molecule has 3 aromatic carbocycles. The number of hydrogen-bond donors (Lipinski definition) is 2. The molecule has 0 atom stereocenters. The van der Waals surface area contributed by atoms with Crippen molar-refractivity contribution in [2.24, 2.45) is 7.05 Å². The van der Waals surface area contributed by atoms with Crippen molar-refractivity contribution in [3.8, 4) is 22.8 Å². The van der Waals surface area contributed by atoms with E-state index in [9.17, 15) is 17.6 Å². The Morgan fingerprint density at radius 2 is 1.84 bits per heavy atom. The van der Waals surface area contributed by atoms with Gasteiger partial charge < -0.3 is 14.0 Å². The lowest BCUT2D eigenvalue weighted by Gasteiger charge is -2.15. The number of nitrogens with zero attached hydrogens (tertiary/aromatic N) is 2. The van der Waals surface area contributed by atoms with Gasteiger partial charge in [0.05, 0.1) is 29.7 Å². The Kier molecular flexibility index (Phi) is 7.95. The smallest absolute Gasteiger partial charge is 0.269 e. The van der Waals surface area contributed by atoms with Gasteiger partial charge in [-0.15, -0.1) is 4.83 Å². The van der Waals surface area contributed by atoms with Crippen LogP contribution in [0.3, 0.4) is 0 Å². The van der Waals surface area contributed by atoms with E-state index in [4.69, 9.17) is 21.1 Å². The van der Waals surface area contributed by atoms with Crippen molar-refractivity contribution in [2.45, 2.75) is 11.5 Å². The Morgan fingerprint density at radius 3 is 2.50 bits per heavy atom. The van der Waals surface area contributed by atoms with Crippen LogP contribution in [0.1, 0.15) is 15.9 Å². The molecule has 198 valence electrons. The predicted octanol–water partition coefficient (Wildman–Crippen LogP) is 4.23. The van der Waals surface area contributed by atoms with Crippen molar-refractivity contribution in [1.82, 2.24) is 19.8 Å². The molecule has 0 bridgehead atoms. The predicted molar refractivity (Wildman–Crippen MR) is 135 cm³/mol. The number of hydrazine groups is 1. The summed E-state index contributed by atoms with van der Waals surface area (Å²) in [6, 6.07) is 13.4. The van der Waals surface area contributed by atoms with E-state index in [-0.39, 0.29) is 17.4 Å². The highest BCUT2D eigenvalue weighted by Crippen LogP contribution is 2.35. The second-order valence-corrected chi connectivity index (χ2v) is 10.0. The minimum absolute atomic E-state index is 0.0375. The van der Waals surface area contributed by atoms with E-state index in [1.54, 1.807) is 53.0 Å². The van der Waals surface area contributed by atoms with Crippen molar-refractivity contribution in [3.63, 3.8) is 0 Å². The van der Waals surface area contributed by atoms with Gasteiger partial charge in [0.25, 0.3) is 15.9 Å². The van der Waals surface area contributed by atoms with E-state index in [2.05, 4.69) is 4.98 Å². The molecular weight excluding hydrogens is 542 g/mol. The van der Waals surface area contributed by atoms with Gasteiger partial charge in [0, 0.05) is 18.8 Å². The standard InChI is InChI=1S/C25H21ClF2N4O5S/c1-32-12-19(29-14-32)16-10-17(22(27)18(26)11-16)25(33)30-31-38(34,35)21-9-8-20(36-2)24(23(21)28)37-13-15-6-4-3-5-7-15/h3-12,14,31H,13H2,1-2H3,(H,30,33). The van der Waals surface area contributed by atoms with Gasteiger partial charge in [-0.05, 0) is 29.8 Å². The average Bonchev–Trinajstić information content (AvgIpc) is 3.34. The van der Waals surface area contributed by atoms with Gasteiger partial charge in [0.15, 0.2) is 23.1 Å². The fourth-order valence-corrected chi connectivity index (χ4v) is 4.58. The average molecular weight is 563 g/mol. The molecule has 4 aromatic rings. The maximum absolute atomic E-state index is 15.3. The third-order valence-corrected chi connectivity index (χ3v) is 6.87. The number of sulfonamides is 1. The number of ether oxygens (including phenoxy) is 2. The number of aromatic nitrogens is 2. The van der Waals surface area contributed by atoms with Gasteiger partial charge in [0.2, 0.25) is 0 Å². The van der Waals surface area contributed by atoms with Crippen LogP contribution in [0.15, 0.2) is 72.0 Å². The summed E-state index contributed by atoms with van der Waals surface area (Å²) in [6.07, 6.45) is 3.12. The maximum Gasteiger partial charge on any atom is 0.269 e. The number of rotatable bonds is 9. The third-order valence-electron chi connectivity index (χ3n) is 5.33. The first-order valence-electron chi connectivity index (χ1n) is 10.9. The second-order valence-electron chi connectivity index (χ2n) is 7.99. The van der Waals surface area contributed by atoms with Gasteiger partial charge in [-0.1, -0.05) is 41.9 Å². The van der Waals surface area contributed by atoms with E-state index < -0.39 is 43.8 Å². The lowest BCUT2D eigenvalue weighted by Crippen LogP contribution is -2.42. The second kappa shape index (κ2) is 11.2. The molecule has 0 spiro atoms. The molecule has 4 rings (SSSR count). The van der Waals surface area contributed by atoms with Crippen LogP contribution in [0.5, 0.6) is 11.5 Å². The lowest BCUT2D eigenvalue weighted by atomic mass is 10.1. The maximum atomic E-state index is 15.3. The minimum atomic E-state index is -4.67. The lowest BCUT2D eigenvalue weighted by molar-refractivity contribution is 0.0941. The first kappa shape index (κ1) is 27.0. The topological polar surface area (TPSA) is 112 Å². The summed E-state index contributed by atoms with van der Waals surface area (Å²) >= 11 is 5.94. The third kappa shape index (κ3) is 5.77. The summed E-state index contributed by atoms with van der Waals surface area (Å²) in [6.45, 7) is -0.0611. The van der Waals surface area contributed by atoms with Crippen LogP contribution in [0.4, 0.5) is 8.78 Å². The highest BCUT2D eigenvalue weighted by atomic mass is 35.5. The molecule has 0 aliphatic carbocycles. The zero-order valence-electron chi connectivity index (χ0n) is 20.0. The van der Waals surface area contributed by atoms with Crippen LogP contribution in [-0.4, -0.2) is 31.0 Å². The molecule has 1 amide bonds. The molecule has 38 heavy (non-hydrogen) atoms. The number of carbonyl (C=O) groups is 1. The van der Waals surface area contributed by atoms with E-state index >= 15 is 4.39 Å². The molecule has 1 aromatic heterocycles. The Balaban J connectivity index is 1.56. The van der Waals surface area contributed by atoms with Crippen molar-refractivity contribution < 1.29 is 31.5 Å². The number of amides is 1. The van der Waals surface area contributed by atoms with Gasteiger partial charge in [-0.25, -0.2) is 22.2 Å². The summed E-state index contributed by atoms with van der Waals surface area (Å²) in [7, 11) is -1.67. The van der Waals surface area contributed by atoms with Crippen molar-refractivity contribution >= 4 is 27.5 Å². The Hall–Kier alpha value is -4.00. The molecule has 0 aliphatic rings. The van der Waals surface area contributed by atoms with Crippen molar-refractivity contribution in [1.29, 1.82) is 0 Å². The Labute approximate surface area is 222 Å². The van der Waals surface area contributed by atoms with Gasteiger partial charge >= 0.3 is 0 Å². The normalized spacial score (nSPS) is 11.3.